The normalized spacial score (nSPS) is 10.6. The van der Waals surface area contributed by atoms with Gasteiger partial charge in [-0.25, -0.2) is 4.98 Å². The standard InChI is InChI=1S/C24H24N6O5S2/c1-33-16-10-15(11-17(12-16)34-2)22(32)26-13-20-28-29-24(30(20)18-6-4-5-7-19(18)35-3)37-14-21(31)27-23-25-8-9-36-23/h4-12H,13-14H2,1-3H3,(H,26,32)(H,25,27,31). The van der Waals surface area contributed by atoms with Gasteiger partial charge in [0.2, 0.25) is 5.91 Å². The second-order valence-electron chi connectivity index (χ2n) is 7.36. The molecule has 2 aromatic heterocycles. The highest BCUT2D eigenvalue weighted by atomic mass is 32.2. The molecule has 0 saturated heterocycles. The van der Waals surface area contributed by atoms with Crippen molar-refractivity contribution in [2.24, 2.45) is 0 Å². The number of nitrogens with one attached hydrogen (secondary N) is 2. The summed E-state index contributed by atoms with van der Waals surface area (Å²) in [5.74, 6) is 1.55. The molecule has 0 bridgehead atoms. The third-order valence-corrected chi connectivity index (χ3v) is 6.68. The maximum absolute atomic E-state index is 12.9. The summed E-state index contributed by atoms with van der Waals surface area (Å²) in [4.78, 5) is 29.4. The number of nitrogens with zero attached hydrogens (tertiary/aromatic N) is 4. The third kappa shape index (κ3) is 6.37. The minimum absolute atomic E-state index is 0.0648. The molecule has 4 rings (SSSR count). The molecule has 0 unspecified atom stereocenters. The van der Waals surface area contributed by atoms with Crippen LogP contribution in [0.2, 0.25) is 0 Å². The lowest BCUT2D eigenvalue weighted by atomic mass is 10.2. The number of carbonyl (C=O) groups is 2. The number of anilines is 1. The number of para-hydroxylation sites is 2. The Balaban J connectivity index is 1.56. The highest BCUT2D eigenvalue weighted by Crippen LogP contribution is 2.29. The van der Waals surface area contributed by atoms with E-state index < -0.39 is 0 Å². The van der Waals surface area contributed by atoms with E-state index in [1.165, 1.54) is 37.3 Å². The zero-order valence-corrected chi connectivity index (χ0v) is 21.9. The number of thioether (sulfide) groups is 1. The van der Waals surface area contributed by atoms with Gasteiger partial charge in [0.15, 0.2) is 16.1 Å². The fourth-order valence-corrected chi connectivity index (χ4v) is 4.64. The monoisotopic (exact) mass is 540 g/mol. The Hall–Kier alpha value is -4.10. The van der Waals surface area contributed by atoms with Gasteiger partial charge in [-0.15, -0.1) is 21.5 Å². The number of hydrogen-bond donors (Lipinski definition) is 2. The van der Waals surface area contributed by atoms with E-state index in [1.54, 1.807) is 41.5 Å². The van der Waals surface area contributed by atoms with Crippen LogP contribution in [0.3, 0.4) is 0 Å². The van der Waals surface area contributed by atoms with Gasteiger partial charge in [-0.05, 0) is 24.3 Å². The van der Waals surface area contributed by atoms with Gasteiger partial charge in [0, 0.05) is 23.2 Å². The predicted octanol–water partition coefficient (Wildman–Crippen LogP) is 3.41. The quantitative estimate of drug-likeness (QED) is 0.275. The van der Waals surface area contributed by atoms with Crippen molar-refractivity contribution in [3.63, 3.8) is 0 Å². The molecule has 13 heteroatoms. The van der Waals surface area contributed by atoms with Crippen LogP contribution in [0.15, 0.2) is 59.2 Å². The highest BCUT2D eigenvalue weighted by molar-refractivity contribution is 7.99. The third-order valence-electron chi connectivity index (χ3n) is 5.06. The van der Waals surface area contributed by atoms with Crippen LogP contribution in [0.25, 0.3) is 5.69 Å². The molecule has 2 aromatic carbocycles. The van der Waals surface area contributed by atoms with Crippen molar-refractivity contribution in [2.75, 3.05) is 32.4 Å². The first-order valence-electron chi connectivity index (χ1n) is 10.9. The lowest BCUT2D eigenvalue weighted by Gasteiger charge is -2.14. The molecule has 0 saturated carbocycles. The average Bonchev–Trinajstić information content (AvgIpc) is 3.59. The number of ether oxygens (including phenoxy) is 3. The van der Waals surface area contributed by atoms with Crippen LogP contribution in [-0.4, -0.2) is 58.6 Å². The Morgan fingerprint density at radius 1 is 1.03 bits per heavy atom. The SMILES string of the molecule is COc1cc(OC)cc(C(=O)NCc2nnc(SCC(=O)Nc3nccs3)n2-c2ccccc2OC)c1. The molecule has 2 N–H and O–H groups in total. The van der Waals surface area contributed by atoms with Gasteiger partial charge in [-0.3, -0.25) is 14.2 Å². The lowest BCUT2D eigenvalue weighted by molar-refractivity contribution is -0.113. The Morgan fingerprint density at radius 2 is 1.78 bits per heavy atom. The molecule has 11 nitrogen and oxygen atoms in total. The minimum atomic E-state index is -0.344. The smallest absolute Gasteiger partial charge is 0.251 e. The number of benzene rings is 2. The number of aromatic nitrogens is 4. The van der Waals surface area contributed by atoms with Crippen molar-refractivity contribution in [2.45, 2.75) is 11.7 Å². The van der Waals surface area contributed by atoms with Crippen molar-refractivity contribution < 1.29 is 23.8 Å². The van der Waals surface area contributed by atoms with Gasteiger partial charge in [0.05, 0.1) is 39.3 Å². The van der Waals surface area contributed by atoms with E-state index in [-0.39, 0.29) is 24.1 Å². The zero-order valence-electron chi connectivity index (χ0n) is 20.3. The summed E-state index contributed by atoms with van der Waals surface area (Å²) in [6, 6.07) is 12.3. The molecule has 192 valence electrons. The Morgan fingerprint density at radius 3 is 2.46 bits per heavy atom. The van der Waals surface area contributed by atoms with Crippen LogP contribution in [-0.2, 0) is 11.3 Å². The lowest BCUT2D eigenvalue weighted by Crippen LogP contribution is -2.25. The molecule has 4 aromatic rings. The largest absolute Gasteiger partial charge is 0.497 e. The van der Waals surface area contributed by atoms with E-state index in [9.17, 15) is 9.59 Å². The number of rotatable bonds is 11. The summed E-state index contributed by atoms with van der Waals surface area (Å²) in [6.45, 7) is 0.0648. The molecular weight excluding hydrogens is 516 g/mol. The van der Waals surface area contributed by atoms with Crippen LogP contribution in [0, 0.1) is 0 Å². The van der Waals surface area contributed by atoms with Crippen molar-refractivity contribution >= 4 is 40.0 Å². The van der Waals surface area contributed by atoms with E-state index in [4.69, 9.17) is 14.2 Å². The van der Waals surface area contributed by atoms with Crippen LogP contribution >= 0.6 is 23.1 Å². The maximum atomic E-state index is 12.9. The second kappa shape index (κ2) is 12.2. The average molecular weight is 541 g/mol. The van der Waals surface area contributed by atoms with Gasteiger partial charge in [0.25, 0.3) is 5.91 Å². The molecule has 37 heavy (non-hydrogen) atoms. The molecule has 2 amide bonds. The fraction of sp³-hybridized carbons (Fsp3) is 0.208. The molecule has 0 radical (unpaired) electrons. The molecule has 0 aliphatic carbocycles. The summed E-state index contributed by atoms with van der Waals surface area (Å²) in [5, 5.41) is 16.9. The van der Waals surface area contributed by atoms with Gasteiger partial charge >= 0.3 is 0 Å². The first kappa shape index (κ1) is 26.0. The van der Waals surface area contributed by atoms with Crippen molar-refractivity contribution in [3.05, 3.63) is 65.4 Å². The summed E-state index contributed by atoms with van der Waals surface area (Å²) in [7, 11) is 4.60. The van der Waals surface area contributed by atoms with Crippen molar-refractivity contribution in [1.82, 2.24) is 25.1 Å². The summed E-state index contributed by atoms with van der Waals surface area (Å²) in [6.07, 6.45) is 1.62. The number of carbonyl (C=O) groups excluding carboxylic acids is 2. The van der Waals surface area contributed by atoms with Crippen LogP contribution in [0.5, 0.6) is 17.2 Å². The minimum Gasteiger partial charge on any atom is -0.497 e. The van der Waals surface area contributed by atoms with E-state index in [0.717, 1.165) is 0 Å². The van der Waals surface area contributed by atoms with E-state index >= 15 is 0 Å². The Bertz CT molecular complexity index is 1350. The van der Waals surface area contributed by atoms with Crippen molar-refractivity contribution in [1.29, 1.82) is 0 Å². The summed E-state index contributed by atoms with van der Waals surface area (Å²) >= 11 is 2.54. The number of thiazole rings is 1. The van der Waals surface area contributed by atoms with Crippen LogP contribution in [0.4, 0.5) is 5.13 Å². The first-order valence-corrected chi connectivity index (χ1v) is 12.8. The van der Waals surface area contributed by atoms with Crippen LogP contribution in [0.1, 0.15) is 16.2 Å². The fourth-order valence-electron chi connectivity index (χ4n) is 3.34. The highest BCUT2D eigenvalue weighted by Gasteiger charge is 2.20. The zero-order chi connectivity index (χ0) is 26.2. The summed E-state index contributed by atoms with van der Waals surface area (Å²) in [5.41, 5.74) is 1.04. The predicted molar refractivity (Wildman–Crippen MR) is 140 cm³/mol. The number of amides is 2. The van der Waals surface area contributed by atoms with Crippen LogP contribution < -0.4 is 24.8 Å². The summed E-state index contributed by atoms with van der Waals surface area (Å²) < 4.78 is 17.8. The van der Waals surface area contributed by atoms with E-state index in [1.807, 2.05) is 24.3 Å². The van der Waals surface area contributed by atoms with E-state index in [2.05, 4.69) is 25.8 Å². The maximum Gasteiger partial charge on any atom is 0.251 e. The van der Waals surface area contributed by atoms with Gasteiger partial charge in [-0.2, -0.15) is 0 Å². The molecule has 0 aliphatic heterocycles. The molecule has 0 spiro atoms. The molecule has 0 atom stereocenters. The number of hydrogen-bond acceptors (Lipinski definition) is 10. The molecular formula is C24H24N6O5S2. The van der Waals surface area contributed by atoms with Gasteiger partial charge in [-0.1, -0.05) is 23.9 Å². The van der Waals surface area contributed by atoms with Gasteiger partial charge in [0.1, 0.15) is 17.2 Å². The Kier molecular flexibility index (Phi) is 8.59. The van der Waals surface area contributed by atoms with Gasteiger partial charge < -0.3 is 24.8 Å². The second-order valence-corrected chi connectivity index (χ2v) is 9.20. The van der Waals surface area contributed by atoms with Crippen molar-refractivity contribution in [3.8, 4) is 22.9 Å². The Labute approximate surface area is 221 Å². The van der Waals surface area contributed by atoms with E-state index in [0.29, 0.717) is 44.6 Å². The molecule has 0 aliphatic rings. The molecule has 0 fully saturated rings. The number of methoxy groups -OCH3 is 3. The molecule has 2 heterocycles. The first-order chi connectivity index (χ1) is 18.0. The topological polar surface area (TPSA) is 129 Å².